The summed E-state index contributed by atoms with van der Waals surface area (Å²) in [5, 5.41) is 8.47. The molecule has 0 saturated carbocycles. The average Bonchev–Trinajstić information content (AvgIpc) is 3.56. The van der Waals surface area contributed by atoms with Gasteiger partial charge in [0.1, 0.15) is 22.2 Å². The topological polar surface area (TPSA) is 117 Å². The molecule has 0 radical (unpaired) electrons. The number of piperidine rings is 1. The molecular formula is C37H40ClN7O4. The molecular weight excluding hydrogens is 642 g/mol. The molecule has 1 amide bonds. The highest BCUT2D eigenvalue weighted by Crippen LogP contribution is 2.52. The molecule has 7 rings (SSSR count). The predicted octanol–water partition coefficient (Wildman–Crippen LogP) is 7.44. The van der Waals surface area contributed by atoms with Gasteiger partial charge in [0.05, 0.1) is 31.6 Å². The molecule has 1 saturated heterocycles. The third kappa shape index (κ3) is 6.59. The number of rotatable bonds is 7. The lowest BCUT2D eigenvalue weighted by atomic mass is 9.72. The van der Waals surface area contributed by atoms with Crippen molar-refractivity contribution in [2.75, 3.05) is 25.1 Å². The highest BCUT2D eigenvalue weighted by atomic mass is 35.5. The number of halogens is 1. The molecule has 1 fully saturated rings. The Hall–Kier alpha value is -4.90. The van der Waals surface area contributed by atoms with Gasteiger partial charge >= 0.3 is 6.09 Å². The molecule has 3 aromatic heterocycles. The Morgan fingerprint density at radius 2 is 1.82 bits per heavy atom. The quantitative estimate of drug-likeness (QED) is 0.187. The minimum absolute atomic E-state index is 0.131. The van der Waals surface area contributed by atoms with Crippen LogP contribution in [0.1, 0.15) is 62.0 Å². The van der Waals surface area contributed by atoms with E-state index in [1.165, 1.54) is 11.1 Å². The van der Waals surface area contributed by atoms with Gasteiger partial charge < -0.3 is 24.4 Å². The summed E-state index contributed by atoms with van der Waals surface area (Å²) < 4.78 is 19.1. The van der Waals surface area contributed by atoms with Gasteiger partial charge in [-0.3, -0.25) is 4.98 Å². The molecule has 1 N–H and O–H groups in total. The number of carbonyl (C=O) groups excluding carboxylic acids is 1. The summed E-state index contributed by atoms with van der Waals surface area (Å²) >= 11 is 6.53. The first-order valence-corrected chi connectivity index (χ1v) is 16.9. The number of hydrogen-bond donors (Lipinski definition) is 1. The van der Waals surface area contributed by atoms with Crippen molar-refractivity contribution in [1.29, 1.82) is 0 Å². The molecule has 0 bridgehead atoms. The van der Waals surface area contributed by atoms with E-state index < -0.39 is 11.7 Å². The molecule has 5 aromatic rings. The molecule has 11 nitrogen and oxygen atoms in total. The van der Waals surface area contributed by atoms with E-state index in [4.69, 9.17) is 40.9 Å². The number of hydrogen-bond acceptors (Lipinski definition) is 9. The number of alkyl carbamates (subject to hydrolysis) is 1. The van der Waals surface area contributed by atoms with E-state index in [2.05, 4.69) is 33.4 Å². The number of nitrogens with one attached hydrogen (secondary N) is 1. The van der Waals surface area contributed by atoms with Crippen LogP contribution in [0.15, 0.2) is 67.0 Å². The summed E-state index contributed by atoms with van der Waals surface area (Å²) in [6.07, 6.45) is 5.66. The number of benzene rings is 2. The van der Waals surface area contributed by atoms with Crippen LogP contribution in [0.25, 0.3) is 11.2 Å². The number of fused-ring (bicyclic) bond motifs is 2. The highest BCUT2D eigenvalue weighted by Gasteiger charge is 2.48. The lowest BCUT2D eigenvalue weighted by molar-refractivity contribution is 0.0428. The molecule has 49 heavy (non-hydrogen) atoms. The van der Waals surface area contributed by atoms with Gasteiger partial charge in [0.15, 0.2) is 16.9 Å². The second-order valence-electron chi connectivity index (χ2n) is 13.8. The van der Waals surface area contributed by atoms with Crippen LogP contribution in [0, 0.1) is 12.3 Å². The molecule has 1 aliphatic carbocycles. The average molecular weight is 682 g/mol. The first kappa shape index (κ1) is 32.6. The molecule has 254 valence electrons. The van der Waals surface area contributed by atoms with Crippen LogP contribution in [0.5, 0.6) is 17.4 Å². The Labute approximate surface area is 290 Å². The molecule has 4 heterocycles. The second kappa shape index (κ2) is 12.9. The number of anilines is 1. The van der Waals surface area contributed by atoms with Gasteiger partial charge in [-0.15, -0.1) is 5.10 Å². The largest absolute Gasteiger partial charge is 0.497 e. The molecule has 1 aliphatic heterocycles. The molecule has 12 heteroatoms. The van der Waals surface area contributed by atoms with Gasteiger partial charge in [0, 0.05) is 30.8 Å². The standard InChI is InChI=1S/C37H40ClN7O4/c1-23-30(38)28(14-17-39-23)48-34-31-33(45(43-34)22-24-10-12-26(47-5)13-11-24)41-29(21-40-31)44-18-15-37(16-19-44)20-25-8-6-7-9-27(25)32(37)42-35(46)49-36(2,3)4/h6-14,17,21,32H,15-16,18-20,22H2,1-5H3,(H,42,46)/t32-/m1/s1. The molecule has 2 aromatic carbocycles. The van der Waals surface area contributed by atoms with Crippen molar-refractivity contribution in [3.8, 4) is 17.4 Å². The maximum absolute atomic E-state index is 13.0. The van der Waals surface area contributed by atoms with E-state index in [1.54, 1.807) is 25.6 Å². The van der Waals surface area contributed by atoms with E-state index in [1.807, 2.05) is 62.7 Å². The van der Waals surface area contributed by atoms with Crippen LogP contribution in [0.4, 0.5) is 10.6 Å². The number of aromatic nitrogens is 5. The van der Waals surface area contributed by atoms with Crippen LogP contribution < -0.4 is 19.7 Å². The Bertz CT molecular complexity index is 2000. The first-order chi connectivity index (χ1) is 23.5. The Kier molecular flexibility index (Phi) is 8.56. The van der Waals surface area contributed by atoms with Gasteiger partial charge in [-0.05, 0) is 75.8 Å². The zero-order valence-corrected chi connectivity index (χ0v) is 29.1. The number of nitrogens with zero attached hydrogens (tertiary/aromatic N) is 6. The minimum Gasteiger partial charge on any atom is -0.497 e. The van der Waals surface area contributed by atoms with Gasteiger partial charge in [0.25, 0.3) is 5.88 Å². The van der Waals surface area contributed by atoms with Crippen molar-refractivity contribution in [3.05, 3.63) is 94.4 Å². The fourth-order valence-corrected chi connectivity index (χ4v) is 7.09. The zero-order chi connectivity index (χ0) is 34.3. The van der Waals surface area contributed by atoms with Gasteiger partial charge in [-0.2, -0.15) is 0 Å². The summed E-state index contributed by atoms with van der Waals surface area (Å²) in [7, 11) is 1.65. The maximum Gasteiger partial charge on any atom is 0.408 e. The number of carbonyl (C=O) groups is 1. The maximum atomic E-state index is 13.0. The van der Waals surface area contributed by atoms with Crippen LogP contribution >= 0.6 is 11.6 Å². The van der Waals surface area contributed by atoms with Crippen LogP contribution in [0.2, 0.25) is 5.02 Å². The minimum atomic E-state index is -0.579. The van der Waals surface area contributed by atoms with Crippen LogP contribution in [0.3, 0.4) is 0 Å². The summed E-state index contributed by atoms with van der Waals surface area (Å²) in [5.41, 5.74) is 4.54. The van der Waals surface area contributed by atoms with Crippen molar-refractivity contribution < 1.29 is 19.0 Å². The third-order valence-electron chi connectivity index (χ3n) is 9.39. The van der Waals surface area contributed by atoms with Crippen molar-refractivity contribution in [1.82, 2.24) is 30.0 Å². The summed E-state index contributed by atoms with van der Waals surface area (Å²) in [5.74, 6) is 2.30. The van der Waals surface area contributed by atoms with Crippen molar-refractivity contribution in [3.63, 3.8) is 0 Å². The smallest absolute Gasteiger partial charge is 0.408 e. The fourth-order valence-electron chi connectivity index (χ4n) is 6.94. The van der Waals surface area contributed by atoms with Crippen molar-refractivity contribution in [2.24, 2.45) is 5.41 Å². The third-order valence-corrected chi connectivity index (χ3v) is 9.85. The van der Waals surface area contributed by atoms with Crippen molar-refractivity contribution >= 4 is 34.7 Å². The van der Waals surface area contributed by atoms with Crippen LogP contribution in [-0.2, 0) is 17.7 Å². The number of pyridine rings is 1. The number of aryl methyl sites for hydroxylation is 1. The Morgan fingerprint density at radius 1 is 1.06 bits per heavy atom. The zero-order valence-electron chi connectivity index (χ0n) is 28.4. The normalized spacial score (nSPS) is 16.9. The highest BCUT2D eigenvalue weighted by molar-refractivity contribution is 6.32. The lowest BCUT2D eigenvalue weighted by Crippen LogP contribution is -2.48. The molecule has 0 unspecified atom stereocenters. The first-order valence-electron chi connectivity index (χ1n) is 16.5. The van der Waals surface area contributed by atoms with E-state index in [0.717, 1.165) is 49.5 Å². The van der Waals surface area contributed by atoms with Crippen LogP contribution in [-0.4, -0.2) is 56.6 Å². The van der Waals surface area contributed by atoms with E-state index >= 15 is 0 Å². The van der Waals surface area contributed by atoms with Crippen molar-refractivity contribution in [2.45, 2.75) is 65.1 Å². The van der Waals surface area contributed by atoms with Gasteiger partial charge in [0.2, 0.25) is 0 Å². The summed E-state index contributed by atoms with van der Waals surface area (Å²) in [6, 6.07) is 17.8. The summed E-state index contributed by atoms with van der Waals surface area (Å²) in [6.45, 7) is 9.43. The van der Waals surface area contributed by atoms with Gasteiger partial charge in [-0.1, -0.05) is 48.0 Å². The molecule has 1 atom stereocenters. The fraction of sp³-hybridized carbons (Fsp3) is 0.378. The molecule has 2 aliphatic rings. The number of amides is 1. The number of methoxy groups -OCH3 is 1. The predicted molar refractivity (Wildman–Crippen MR) is 188 cm³/mol. The summed E-state index contributed by atoms with van der Waals surface area (Å²) in [4.78, 5) is 29.5. The van der Waals surface area contributed by atoms with Gasteiger partial charge in [-0.25, -0.2) is 19.4 Å². The second-order valence-corrected chi connectivity index (χ2v) is 14.2. The SMILES string of the molecule is COc1ccc(Cn2nc(Oc3ccnc(C)c3Cl)c3ncc(N4CCC5(CC4)Cc4ccccc4[C@H]5NC(=O)OC(C)(C)C)nc32)cc1. The monoisotopic (exact) mass is 681 g/mol. The van der Waals surface area contributed by atoms with E-state index in [9.17, 15) is 4.79 Å². The van der Waals surface area contributed by atoms with E-state index in [0.29, 0.717) is 40.1 Å². The van der Waals surface area contributed by atoms with E-state index in [-0.39, 0.29) is 11.5 Å². The Balaban J connectivity index is 1.17. The lowest BCUT2D eigenvalue weighted by Gasteiger charge is -2.43. The Morgan fingerprint density at radius 3 is 2.55 bits per heavy atom. The number of ether oxygens (including phenoxy) is 3. The molecule has 1 spiro atoms.